The maximum atomic E-state index is 12.9. The van der Waals surface area contributed by atoms with E-state index in [0.29, 0.717) is 10.7 Å². The number of imide groups is 1. The van der Waals surface area contributed by atoms with E-state index in [1.807, 2.05) is 19.2 Å². The Hall–Kier alpha value is -1.61. The number of rotatable bonds is 2. The lowest BCUT2D eigenvalue weighted by Crippen LogP contribution is -2.59. The number of hydrogen-bond donors (Lipinski definition) is 0. The number of anilines is 1. The Bertz CT molecular complexity index is 837. The summed E-state index contributed by atoms with van der Waals surface area (Å²) in [5, 5.41) is 4.53. The maximum Gasteiger partial charge on any atom is 0.331 e. The average molecular weight is 459 g/mol. The summed E-state index contributed by atoms with van der Waals surface area (Å²) in [6.07, 6.45) is 3.67. The molecule has 1 aromatic carbocycles. The molecule has 3 rings (SSSR count). The molecule has 0 radical (unpaired) electrons. The van der Waals surface area contributed by atoms with Crippen LogP contribution in [0.15, 0.2) is 30.6 Å². The summed E-state index contributed by atoms with van der Waals surface area (Å²) < 4.78 is 2.60. The number of aromatic nitrogens is 2. The lowest BCUT2D eigenvalue weighted by Gasteiger charge is -2.45. The van der Waals surface area contributed by atoms with Gasteiger partial charge in [-0.05, 0) is 47.7 Å². The van der Waals surface area contributed by atoms with Crippen LogP contribution in [0.5, 0.6) is 0 Å². The molecular weight excluding hydrogens is 443 g/mol. The average Bonchev–Trinajstić information content (AvgIpc) is 2.94. The molecule has 24 heavy (non-hydrogen) atoms. The lowest BCUT2D eigenvalue weighted by atomic mass is 9.87. The van der Waals surface area contributed by atoms with Gasteiger partial charge in [0.25, 0.3) is 0 Å². The Morgan fingerprint density at radius 1 is 1.29 bits per heavy atom. The van der Waals surface area contributed by atoms with Gasteiger partial charge in [-0.2, -0.15) is 5.10 Å². The van der Waals surface area contributed by atoms with Crippen LogP contribution in [0.2, 0.25) is 5.02 Å². The molecule has 6 nitrogen and oxygen atoms in total. The minimum absolute atomic E-state index is 0.156. The summed E-state index contributed by atoms with van der Waals surface area (Å²) in [6.45, 7) is 1.87. The molecule has 0 saturated carbocycles. The number of aryl methyl sites for hydroxylation is 1. The highest BCUT2D eigenvalue weighted by atomic mass is 127. The number of hydrogen-bond acceptors (Lipinski definition) is 3. The zero-order chi connectivity index (χ0) is 17.6. The van der Waals surface area contributed by atoms with Crippen molar-refractivity contribution in [2.75, 3.05) is 11.9 Å². The third-order valence-electron chi connectivity index (χ3n) is 4.44. The Morgan fingerprint density at radius 3 is 2.58 bits per heavy atom. The second-order valence-electron chi connectivity index (χ2n) is 6.02. The van der Waals surface area contributed by atoms with E-state index >= 15 is 0 Å². The normalized spacial score (nSPS) is 21.5. The SMILES string of the molecule is CN1C(=O)N(c2ccc(I)cc2Cl)C(=O)C[C@@]1(C)c1cnn(C)c1. The highest BCUT2D eigenvalue weighted by Crippen LogP contribution is 2.39. The first-order valence-corrected chi connectivity index (χ1v) is 8.74. The molecule has 1 aliphatic heterocycles. The highest BCUT2D eigenvalue weighted by Gasteiger charge is 2.47. The summed E-state index contributed by atoms with van der Waals surface area (Å²) >= 11 is 8.38. The predicted molar refractivity (Wildman–Crippen MR) is 100.0 cm³/mol. The van der Waals surface area contributed by atoms with Crippen LogP contribution in [0.4, 0.5) is 10.5 Å². The van der Waals surface area contributed by atoms with Crippen LogP contribution in [-0.4, -0.2) is 33.7 Å². The maximum absolute atomic E-state index is 12.9. The second kappa shape index (κ2) is 6.03. The van der Waals surface area contributed by atoms with Crippen LogP contribution in [0, 0.1) is 3.57 Å². The van der Waals surface area contributed by atoms with Gasteiger partial charge in [0, 0.05) is 29.4 Å². The largest absolute Gasteiger partial charge is 0.331 e. The first-order chi connectivity index (χ1) is 11.2. The summed E-state index contributed by atoms with van der Waals surface area (Å²) in [7, 11) is 3.49. The van der Waals surface area contributed by atoms with E-state index in [1.54, 1.807) is 42.0 Å². The zero-order valence-electron chi connectivity index (χ0n) is 13.5. The monoisotopic (exact) mass is 458 g/mol. The highest BCUT2D eigenvalue weighted by molar-refractivity contribution is 14.1. The minimum atomic E-state index is -0.741. The van der Waals surface area contributed by atoms with Gasteiger partial charge >= 0.3 is 6.03 Å². The van der Waals surface area contributed by atoms with Crippen molar-refractivity contribution in [3.05, 3.63) is 44.7 Å². The summed E-state index contributed by atoms with van der Waals surface area (Å²) in [5.74, 6) is -0.285. The molecule has 0 aliphatic carbocycles. The quantitative estimate of drug-likeness (QED) is 0.648. The predicted octanol–water partition coefficient (Wildman–Crippen LogP) is 3.38. The van der Waals surface area contributed by atoms with Gasteiger partial charge in [-0.3, -0.25) is 9.48 Å². The van der Waals surface area contributed by atoms with Crippen molar-refractivity contribution in [3.8, 4) is 0 Å². The molecule has 3 amide bonds. The van der Waals surface area contributed by atoms with Crippen LogP contribution in [0.25, 0.3) is 0 Å². The Morgan fingerprint density at radius 2 is 2.00 bits per heavy atom. The van der Waals surface area contributed by atoms with E-state index < -0.39 is 11.6 Å². The molecule has 2 heterocycles. The van der Waals surface area contributed by atoms with E-state index in [-0.39, 0.29) is 12.3 Å². The molecule has 1 aliphatic rings. The van der Waals surface area contributed by atoms with Crippen molar-refractivity contribution in [2.24, 2.45) is 7.05 Å². The van der Waals surface area contributed by atoms with Crippen LogP contribution in [-0.2, 0) is 17.4 Å². The first-order valence-electron chi connectivity index (χ1n) is 7.29. The number of halogens is 2. The molecule has 1 aromatic heterocycles. The van der Waals surface area contributed by atoms with Crippen LogP contribution in [0.3, 0.4) is 0 Å². The fourth-order valence-corrected chi connectivity index (χ4v) is 3.80. The van der Waals surface area contributed by atoms with Crippen molar-refractivity contribution in [1.29, 1.82) is 0 Å². The van der Waals surface area contributed by atoms with Gasteiger partial charge in [-0.25, -0.2) is 9.69 Å². The second-order valence-corrected chi connectivity index (χ2v) is 7.67. The molecular formula is C16H16ClIN4O2. The fraction of sp³-hybridized carbons (Fsp3) is 0.312. The molecule has 0 bridgehead atoms. The molecule has 126 valence electrons. The zero-order valence-corrected chi connectivity index (χ0v) is 16.4. The molecule has 8 heteroatoms. The van der Waals surface area contributed by atoms with Gasteiger partial charge in [0.15, 0.2) is 0 Å². The van der Waals surface area contributed by atoms with Crippen molar-refractivity contribution in [1.82, 2.24) is 14.7 Å². The van der Waals surface area contributed by atoms with Crippen molar-refractivity contribution < 1.29 is 9.59 Å². The van der Waals surface area contributed by atoms with E-state index in [0.717, 1.165) is 14.0 Å². The van der Waals surface area contributed by atoms with Crippen molar-refractivity contribution in [3.63, 3.8) is 0 Å². The van der Waals surface area contributed by atoms with Gasteiger partial charge in [0.2, 0.25) is 5.91 Å². The number of urea groups is 1. The summed E-state index contributed by atoms with van der Waals surface area (Å²) in [4.78, 5) is 28.4. The Balaban J connectivity index is 2.01. The van der Waals surface area contributed by atoms with Crippen LogP contribution < -0.4 is 4.90 Å². The third-order valence-corrected chi connectivity index (χ3v) is 5.41. The van der Waals surface area contributed by atoms with E-state index in [1.165, 1.54) is 0 Å². The number of carbonyl (C=O) groups excluding carboxylic acids is 2. The summed E-state index contributed by atoms with van der Waals surface area (Å²) in [6, 6.07) is 4.84. The van der Waals surface area contributed by atoms with E-state index in [9.17, 15) is 9.59 Å². The van der Waals surface area contributed by atoms with Gasteiger partial charge < -0.3 is 4.90 Å². The van der Waals surface area contributed by atoms with Crippen LogP contribution >= 0.6 is 34.2 Å². The fourth-order valence-electron chi connectivity index (χ4n) is 2.85. The van der Waals surface area contributed by atoms with E-state index in [2.05, 4.69) is 27.7 Å². The van der Waals surface area contributed by atoms with Gasteiger partial charge in [0.05, 0.1) is 28.9 Å². The number of benzene rings is 1. The molecule has 0 N–H and O–H groups in total. The van der Waals surface area contributed by atoms with Gasteiger partial charge in [0.1, 0.15) is 0 Å². The van der Waals surface area contributed by atoms with Crippen molar-refractivity contribution >= 4 is 51.8 Å². The van der Waals surface area contributed by atoms with Gasteiger partial charge in [-0.1, -0.05) is 11.6 Å². The number of carbonyl (C=O) groups is 2. The van der Waals surface area contributed by atoms with Crippen molar-refractivity contribution in [2.45, 2.75) is 18.9 Å². The molecule has 0 spiro atoms. The standard InChI is InChI=1S/C16H16ClIN4O2/c1-16(10-8-19-20(2)9-10)7-14(23)22(15(24)21(16)3)13-5-4-11(18)6-12(13)17/h4-6,8-9H,7H2,1-3H3/t16-/m0/s1. The van der Waals surface area contributed by atoms with Crippen LogP contribution in [0.1, 0.15) is 18.9 Å². The minimum Gasteiger partial charge on any atom is -0.317 e. The smallest absolute Gasteiger partial charge is 0.317 e. The number of nitrogens with zero attached hydrogens (tertiary/aromatic N) is 4. The third kappa shape index (κ3) is 2.69. The van der Waals surface area contributed by atoms with Gasteiger partial charge in [-0.15, -0.1) is 0 Å². The molecule has 1 saturated heterocycles. The molecule has 2 aromatic rings. The first kappa shape index (κ1) is 17.2. The topological polar surface area (TPSA) is 58.4 Å². The molecule has 1 fully saturated rings. The molecule has 1 atom stereocenters. The lowest BCUT2D eigenvalue weighted by molar-refractivity contribution is -0.122. The number of amides is 3. The Labute approximate surface area is 158 Å². The molecule has 0 unspecified atom stereocenters. The summed E-state index contributed by atoms with van der Waals surface area (Å²) in [5.41, 5.74) is 0.490. The Kier molecular flexibility index (Phi) is 4.33. The van der Waals surface area contributed by atoms with E-state index in [4.69, 9.17) is 11.6 Å².